The predicted molar refractivity (Wildman–Crippen MR) is 111 cm³/mol. The van der Waals surface area contributed by atoms with Crippen LogP contribution in [0.2, 0.25) is 0 Å². The maximum Gasteiger partial charge on any atom is 0.308 e. The Hall–Kier alpha value is -3.60. The molecule has 0 unspecified atom stereocenters. The van der Waals surface area contributed by atoms with Crippen LogP contribution in [0.5, 0.6) is 5.75 Å². The molecule has 5 heteroatoms. The first-order valence-electron chi connectivity index (χ1n) is 9.25. The van der Waals surface area contributed by atoms with Crippen LogP contribution in [0.25, 0.3) is 33.5 Å². The summed E-state index contributed by atoms with van der Waals surface area (Å²) in [6, 6.07) is 18.4. The molecule has 0 aliphatic carbocycles. The summed E-state index contributed by atoms with van der Waals surface area (Å²) in [5.74, 6) is -0.522. The summed E-state index contributed by atoms with van der Waals surface area (Å²) >= 11 is 0. The van der Waals surface area contributed by atoms with Crippen LogP contribution in [-0.4, -0.2) is 15.9 Å². The van der Waals surface area contributed by atoms with Crippen LogP contribution < -0.4 is 4.74 Å². The van der Waals surface area contributed by atoms with E-state index in [1.54, 1.807) is 6.92 Å². The lowest BCUT2D eigenvalue weighted by Gasteiger charge is -2.14. The van der Waals surface area contributed by atoms with E-state index >= 15 is 0 Å². The number of aryl methyl sites for hydroxylation is 2. The molecule has 3 aromatic carbocycles. The first-order valence-corrected chi connectivity index (χ1v) is 9.25. The zero-order valence-electron chi connectivity index (χ0n) is 16.4. The minimum Gasteiger partial charge on any atom is -0.426 e. The third kappa shape index (κ3) is 3.72. The van der Waals surface area contributed by atoms with E-state index in [0.29, 0.717) is 17.0 Å². The number of esters is 1. The summed E-state index contributed by atoms with van der Waals surface area (Å²) in [6.45, 7) is 5.05. The minimum absolute atomic E-state index is 0.111. The second-order valence-electron chi connectivity index (χ2n) is 6.97. The number of carbonyl (C=O) groups is 1. The molecular formula is C24H19FN2O2. The van der Waals surface area contributed by atoms with Gasteiger partial charge >= 0.3 is 5.97 Å². The van der Waals surface area contributed by atoms with Gasteiger partial charge in [-0.2, -0.15) is 0 Å². The van der Waals surface area contributed by atoms with Crippen LogP contribution in [0.15, 0.2) is 60.7 Å². The van der Waals surface area contributed by atoms with E-state index in [-0.39, 0.29) is 5.75 Å². The molecule has 0 saturated heterocycles. The molecule has 0 N–H and O–H groups in total. The van der Waals surface area contributed by atoms with Gasteiger partial charge in [-0.05, 0) is 31.5 Å². The number of para-hydroxylation sites is 1. The van der Waals surface area contributed by atoms with Crippen molar-refractivity contribution in [2.45, 2.75) is 20.8 Å². The molecule has 144 valence electrons. The van der Waals surface area contributed by atoms with Crippen molar-refractivity contribution in [1.82, 2.24) is 9.97 Å². The molecule has 4 nitrogen and oxygen atoms in total. The number of carbonyl (C=O) groups excluding carboxylic acids is 1. The number of nitrogens with zero attached hydrogens (tertiary/aromatic N) is 2. The van der Waals surface area contributed by atoms with Gasteiger partial charge in [0, 0.05) is 23.9 Å². The van der Waals surface area contributed by atoms with E-state index in [4.69, 9.17) is 9.72 Å². The lowest BCUT2D eigenvalue weighted by Crippen LogP contribution is -2.06. The number of aromatic nitrogens is 2. The van der Waals surface area contributed by atoms with Crippen LogP contribution in [-0.2, 0) is 4.79 Å². The quantitative estimate of drug-likeness (QED) is 0.337. The van der Waals surface area contributed by atoms with E-state index in [2.05, 4.69) is 4.98 Å². The summed E-state index contributed by atoms with van der Waals surface area (Å²) in [4.78, 5) is 21.1. The maximum atomic E-state index is 14.0. The van der Waals surface area contributed by atoms with Crippen molar-refractivity contribution in [3.8, 4) is 28.4 Å². The third-order valence-electron chi connectivity index (χ3n) is 4.67. The molecule has 4 rings (SSSR count). The van der Waals surface area contributed by atoms with Crippen LogP contribution >= 0.6 is 0 Å². The van der Waals surface area contributed by atoms with Gasteiger partial charge in [0.25, 0.3) is 0 Å². The van der Waals surface area contributed by atoms with Gasteiger partial charge in [0.2, 0.25) is 0 Å². The van der Waals surface area contributed by atoms with Crippen LogP contribution in [0.4, 0.5) is 4.39 Å². The molecule has 0 amide bonds. The highest BCUT2D eigenvalue weighted by molar-refractivity contribution is 5.94. The van der Waals surface area contributed by atoms with Gasteiger partial charge in [0.15, 0.2) is 5.82 Å². The maximum absolute atomic E-state index is 14.0. The molecule has 4 aromatic rings. The van der Waals surface area contributed by atoms with Gasteiger partial charge in [-0.3, -0.25) is 4.79 Å². The fourth-order valence-electron chi connectivity index (χ4n) is 3.35. The fourth-order valence-corrected chi connectivity index (χ4v) is 3.35. The van der Waals surface area contributed by atoms with Gasteiger partial charge in [-0.1, -0.05) is 48.0 Å². The van der Waals surface area contributed by atoms with Gasteiger partial charge in [-0.15, -0.1) is 0 Å². The minimum atomic E-state index is -0.532. The van der Waals surface area contributed by atoms with E-state index in [0.717, 1.165) is 27.7 Å². The molecular weight excluding hydrogens is 367 g/mol. The van der Waals surface area contributed by atoms with Crippen molar-refractivity contribution >= 4 is 16.9 Å². The zero-order chi connectivity index (χ0) is 20.5. The first kappa shape index (κ1) is 18.7. The standard InChI is InChI=1S/C24H19FN2O2/c1-14-8-10-17(11-9-14)23-19-6-4-5-7-20(19)26-24(27-23)22-15(2)12-18(25)13-21(22)29-16(3)28/h4-13H,1-3H3. The molecule has 29 heavy (non-hydrogen) atoms. The second-order valence-corrected chi connectivity index (χ2v) is 6.97. The highest BCUT2D eigenvalue weighted by Gasteiger charge is 2.19. The van der Waals surface area contributed by atoms with Gasteiger partial charge in [-0.25, -0.2) is 14.4 Å². The average Bonchev–Trinajstić information content (AvgIpc) is 2.67. The average molecular weight is 386 g/mol. The number of rotatable bonds is 3. The van der Waals surface area contributed by atoms with Crippen molar-refractivity contribution in [1.29, 1.82) is 0 Å². The summed E-state index contributed by atoms with van der Waals surface area (Å²) in [5.41, 5.74) is 4.71. The lowest BCUT2D eigenvalue weighted by atomic mass is 10.0. The topological polar surface area (TPSA) is 52.1 Å². The number of hydrogen-bond donors (Lipinski definition) is 0. The Morgan fingerprint density at radius 3 is 2.41 bits per heavy atom. The van der Waals surface area contributed by atoms with Crippen molar-refractivity contribution in [3.63, 3.8) is 0 Å². The van der Waals surface area contributed by atoms with Gasteiger partial charge < -0.3 is 4.74 Å². The van der Waals surface area contributed by atoms with Crippen LogP contribution in [0.1, 0.15) is 18.1 Å². The molecule has 0 aliphatic rings. The Morgan fingerprint density at radius 2 is 1.69 bits per heavy atom. The number of ether oxygens (including phenoxy) is 1. The summed E-state index contributed by atoms with van der Waals surface area (Å²) in [6.07, 6.45) is 0. The third-order valence-corrected chi connectivity index (χ3v) is 4.67. The van der Waals surface area contributed by atoms with Crippen molar-refractivity contribution in [2.24, 2.45) is 0 Å². The largest absolute Gasteiger partial charge is 0.426 e. The highest BCUT2D eigenvalue weighted by Crippen LogP contribution is 2.35. The number of benzene rings is 3. The SMILES string of the molecule is CC(=O)Oc1cc(F)cc(C)c1-c1nc(-c2ccc(C)cc2)c2ccccc2n1. The van der Waals surface area contributed by atoms with E-state index in [1.807, 2.05) is 55.5 Å². The van der Waals surface area contributed by atoms with Crippen molar-refractivity contribution < 1.29 is 13.9 Å². The van der Waals surface area contributed by atoms with Crippen LogP contribution in [0, 0.1) is 19.7 Å². The summed E-state index contributed by atoms with van der Waals surface area (Å²) < 4.78 is 19.3. The smallest absolute Gasteiger partial charge is 0.308 e. The Labute approximate surface area is 168 Å². The molecule has 0 saturated carbocycles. The number of hydrogen-bond acceptors (Lipinski definition) is 4. The molecule has 0 bridgehead atoms. The van der Waals surface area contributed by atoms with Gasteiger partial charge in [0.05, 0.1) is 16.8 Å². The van der Waals surface area contributed by atoms with Crippen molar-refractivity contribution in [2.75, 3.05) is 0 Å². The molecule has 0 atom stereocenters. The fraction of sp³-hybridized carbons (Fsp3) is 0.125. The molecule has 0 fully saturated rings. The Morgan fingerprint density at radius 1 is 0.966 bits per heavy atom. The highest BCUT2D eigenvalue weighted by atomic mass is 19.1. The van der Waals surface area contributed by atoms with Gasteiger partial charge in [0.1, 0.15) is 11.6 Å². The lowest BCUT2D eigenvalue weighted by molar-refractivity contribution is -0.131. The normalized spacial score (nSPS) is 10.9. The van der Waals surface area contributed by atoms with E-state index in [1.165, 1.54) is 19.1 Å². The van der Waals surface area contributed by atoms with E-state index < -0.39 is 11.8 Å². The monoisotopic (exact) mass is 386 g/mol. The molecule has 0 aliphatic heterocycles. The number of fused-ring (bicyclic) bond motifs is 1. The summed E-state index contributed by atoms with van der Waals surface area (Å²) in [5, 5.41) is 0.911. The number of halogens is 1. The molecule has 0 spiro atoms. The Kier molecular flexibility index (Phi) is 4.80. The summed E-state index contributed by atoms with van der Waals surface area (Å²) in [7, 11) is 0. The molecule has 1 heterocycles. The van der Waals surface area contributed by atoms with Crippen molar-refractivity contribution in [3.05, 3.63) is 77.6 Å². The molecule has 0 radical (unpaired) electrons. The zero-order valence-corrected chi connectivity index (χ0v) is 16.4. The Balaban J connectivity index is 2.01. The molecule has 1 aromatic heterocycles. The second kappa shape index (κ2) is 7.43. The first-order chi connectivity index (χ1) is 13.9. The predicted octanol–water partition coefficient (Wildman–Crippen LogP) is 5.65. The van der Waals surface area contributed by atoms with E-state index in [9.17, 15) is 9.18 Å². The van der Waals surface area contributed by atoms with Crippen LogP contribution in [0.3, 0.4) is 0 Å². The Bertz CT molecular complexity index is 1230.